The number of thioether (sulfide) groups is 1. The van der Waals surface area contributed by atoms with E-state index in [1.807, 2.05) is 5.38 Å². The molecule has 2 aromatic heterocycles. The van der Waals surface area contributed by atoms with Gasteiger partial charge in [-0.2, -0.15) is 0 Å². The summed E-state index contributed by atoms with van der Waals surface area (Å²) in [5.41, 5.74) is 2.13. The van der Waals surface area contributed by atoms with Gasteiger partial charge in [-0.1, -0.05) is 11.8 Å². The number of hydrogen-bond donors (Lipinski definition) is 1. The number of carbonyl (C=O) groups is 2. The summed E-state index contributed by atoms with van der Waals surface area (Å²) in [6.45, 7) is 2.23. The minimum absolute atomic E-state index is 0.0572. The summed E-state index contributed by atoms with van der Waals surface area (Å²) in [7, 11) is 0. The van der Waals surface area contributed by atoms with E-state index in [9.17, 15) is 9.59 Å². The van der Waals surface area contributed by atoms with Crippen molar-refractivity contribution in [1.29, 1.82) is 0 Å². The van der Waals surface area contributed by atoms with Gasteiger partial charge in [-0.15, -0.1) is 21.5 Å². The smallest absolute Gasteiger partial charge is 0.341 e. The van der Waals surface area contributed by atoms with Crippen molar-refractivity contribution in [2.75, 3.05) is 24.5 Å². The molecule has 3 aromatic rings. The van der Waals surface area contributed by atoms with E-state index in [1.165, 1.54) is 11.3 Å². The normalized spacial score (nSPS) is 14.4. The van der Waals surface area contributed by atoms with E-state index in [4.69, 9.17) is 18.6 Å². The number of rotatable bonds is 8. The Hall–Kier alpha value is -3.05. The van der Waals surface area contributed by atoms with Gasteiger partial charge in [0.1, 0.15) is 5.00 Å². The number of aromatic nitrogens is 2. The summed E-state index contributed by atoms with van der Waals surface area (Å²) in [5, 5.41) is 13.6. The molecule has 0 atom stereocenters. The van der Waals surface area contributed by atoms with Crippen LogP contribution in [0.15, 0.2) is 33.2 Å². The number of thiophene rings is 1. The Balaban J connectivity index is 1.22. The van der Waals surface area contributed by atoms with Gasteiger partial charge in [0, 0.05) is 5.56 Å². The van der Waals surface area contributed by atoms with Crippen LogP contribution in [0.2, 0.25) is 0 Å². The molecule has 166 valence electrons. The van der Waals surface area contributed by atoms with Crippen molar-refractivity contribution in [2.45, 2.75) is 30.9 Å². The molecule has 0 saturated heterocycles. The van der Waals surface area contributed by atoms with E-state index >= 15 is 0 Å². The van der Waals surface area contributed by atoms with Gasteiger partial charge in [0.05, 0.1) is 17.9 Å². The van der Waals surface area contributed by atoms with E-state index in [-0.39, 0.29) is 30.3 Å². The van der Waals surface area contributed by atoms with Crippen LogP contribution in [0.1, 0.15) is 41.6 Å². The highest BCUT2D eigenvalue weighted by Crippen LogP contribution is 2.46. The lowest BCUT2D eigenvalue weighted by Gasteiger charge is -2.07. The average molecular weight is 474 g/mol. The average Bonchev–Trinajstić information content (AvgIpc) is 3.17. The van der Waals surface area contributed by atoms with Crippen LogP contribution in [0.5, 0.6) is 11.5 Å². The fourth-order valence-corrected chi connectivity index (χ4v) is 4.89. The lowest BCUT2D eigenvalue weighted by Crippen LogP contribution is -2.16. The summed E-state index contributed by atoms with van der Waals surface area (Å²) in [6.07, 6.45) is 2.10. The Morgan fingerprint density at radius 1 is 1.25 bits per heavy atom. The second kappa shape index (κ2) is 8.83. The van der Waals surface area contributed by atoms with E-state index < -0.39 is 5.97 Å². The molecular weight excluding hydrogens is 454 g/mol. The molecule has 0 unspecified atom stereocenters. The van der Waals surface area contributed by atoms with Gasteiger partial charge in [-0.25, -0.2) is 4.79 Å². The van der Waals surface area contributed by atoms with Crippen LogP contribution in [0.25, 0.3) is 11.5 Å². The number of nitrogens with zero attached hydrogens (tertiary/aromatic N) is 2. The molecule has 9 nitrogen and oxygen atoms in total. The first-order chi connectivity index (χ1) is 15.6. The quantitative estimate of drug-likeness (QED) is 0.378. The number of benzene rings is 1. The van der Waals surface area contributed by atoms with Crippen molar-refractivity contribution in [3.63, 3.8) is 0 Å². The monoisotopic (exact) mass is 473 g/mol. The largest absolute Gasteiger partial charge is 0.462 e. The summed E-state index contributed by atoms with van der Waals surface area (Å²) < 4.78 is 21.5. The number of esters is 1. The highest BCUT2D eigenvalue weighted by atomic mass is 32.2. The first-order valence-electron chi connectivity index (χ1n) is 10.1. The highest BCUT2D eigenvalue weighted by Gasteiger charge is 2.32. The Morgan fingerprint density at radius 3 is 2.91 bits per heavy atom. The Morgan fingerprint density at radius 2 is 2.09 bits per heavy atom. The molecule has 3 heterocycles. The Kier molecular flexibility index (Phi) is 5.75. The van der Waals surface area contributed by atoms with Gasteiger partial charge in [-0.05, 0) is 54.8 Å². The molecule has 11 heteroatoms. The van der Waals surface area contributed by atoms with Gasteiger partial charge in [0.2, 0.25) is 18.6 Å². The van der Waals surface area contributed by atoms with Crippen molar-refractivity contribution in [3.8, 4) is 23.0 Å². The molecule has 0 bridgehead atoms. The number of anilines is 1. The van der Waals surface area contributed by atoms with Crippen LogP contribution in [-0.2, 0) is 9.53 Å². The van der Waals surface area contributed by atoms with Crippen LogP contribution < -0.4 is 14.8 Å². The molecule has 1 amide bonds. The Bertz CT molecular complexity index is 1170. The lowest BCUT2D eigenvalue weighted by molar-refractivity contribution is -0.113. The summed E-state index contributed by atoms with van der Waals surface area (Å²) in [4.78, 5) is 24.9. The number of carbonyl (C=O) groups excluding carboxylic acids is 2. The van der Waals surface area contributed by atoms with E-state index in [1.54, 1.807) is 25.1 Å². The maximum Gasteiger partial charge on any atom is 0.341 e. The van der Waals surface area contributed by atoms with Crippen molar-refractivity contribution in [3.05, 3.63) is 34.7 Å². The van der Waals surface area contributed by atoms with E-state index in [2.05, 4.69) is 15.5 Å². The van der Waals surface area contributed by atoms with Crippen LogP contribution in [-0.4, -0.2) is 41.2 Å². The molecule has 5 rings (SSSR count). The van der Waals surface area contributed by atoms with Crippen molar-refractivity contribution >= 4 is 40.0 Å². The van der Waals surface area contributed by atoms with Crippen LogP contribution >= 0.6 is 23.1 Å². The molecule has 0 spiro atoms. The molecule has 1 fully saturated rings. The molecule has 1 N–H and O–H groups in total. The predicted molar refractivity (Wildman–Crippen MR) is 117 cm³/mol. The van der Waals surface area contributed by atoms with Gasteiger partial charge in [0.25, 0.3) is 5.22 Å². The third-order valence-electron chi connectivity index (χ3n) is 4.92. The number of nitrogens with one attached hydrogen (secondary N) is 1. The number of amides is 1. The topological polar surface area (TPSA) is 113 Å². The molecule has 1 aliphatic heterocycles. The van der Waals surface area contributed by atoms with Crippen LogP contribution in [0.3, 0.4) is 0 Å². The van der Waals surface area contributed by atoms with Crippen molar-refractivity contribution in [2.24, 2.45) is 0 Å². The fourth-order valence-electron chi connectivity index (χ4n) is 3.28. The minimum atomic E-state index is -0.399. The first-order valence-corrected chi connectivity index (χ1v) is 11.9. The molecule has 2 aliphatic rings. The molecule has 0 radical (unpaired) electrons. The summed E-state index contributed by atoms with van der Waals surface area (Å²) in [5.74, 6) is 1.37. The second-order valence-electron chi connectivity index (χ2n) is 7.17. The third kappa shape index (κ3) is 4.30. The zero-order chi connectivity index (χ0) is 22.1. The number of fused-ring (bicyclic) bond motifs is 1. The lowest BCUT2D eigenvalue weighted by atomic mass is 10.1. The zero-order valence-electron chi connectivity index (χ0n) is 17.1. The van der Waals surface area contributed by atoms with Gasteiger partial charge in [-0.3, -0.25) is 4.79 Å². The maximum atomic E-state index is 12.5. The number of hydrogen-bond acceptors (Lipinski definition) is 10. The molecule has 32 heavy (non-hydrogen) atoms. The van der Waals surface area contributed by atoms with Gasteiger partial charge >= 0.3 is 5.97 Å². The van der Waals surface area contributed by atoms with Crippen LogP contribution in [0, 0.1) is 0 Å². The molecule has 1 saturated carbocycles. The molecule has 1 aliphatic carbocycles. The minimum Gasteiger partial charge on any atom is -0.462 e. The summed E-state index contributed by atoms with van der Waals surface area (Å²) >= 11 is 2.46. The predicted octanol–water partition coefficient (Wildman–Crippen LogP) is 4.31. The SMILES string of the molecule is CCOC(=O)c1c(C2CC2)csc1NC(=O)CSc1nnc(-c2ccc3c(c2)OCO3)o1. The number of ether oxygens (including phenoxy) is 3. The standard InChI is InChI=1S/C21H19N3O6S2/c1-2-27-20(26)17-13(11-3-4-11)8-31-19(17)22-16(25)9-32-21-24-23-18(30-21)12-5-6-14-15(7-12)29-10-28-14/h5-8,11H,2-4,9-10H2,1H3,(H,22,25). The molecule has 1 aromatic carbocycles. The third-order valence-corrected chi connectivity index (χ3v) is 6.65. The maximum absolute atomic E-state index is 12.5. The van der Waals surface area contributed by atoms with Crippen molar-refractivity contribution < 1.29 is 28.2 Å². The van der Waals surface area contributed by atoms with Crippen LogP contribution in [0.4, 0.5) is 5.00 Å². The fraction of sp³-hybridized carbons (Fsp3) is 0.333. The second-order valence-corrected chi connectivity index (χ2v) is 8.97. The first kappa shape index (κ1) is 20.8. The highest BCUT2D eigenvalue weighted by molar-refractivity contribution is 7.99. The van der Waals surface area contributed by atoms with E-state index in [0.29, 0.717) is 39.4 Å². The van der Waals surface area contributed by atoms with Gasteiger partial charge < -0.3 is 23.9 Å². The summed E-state index contributed by atoms with van der Waals surface area (Å²) in [6, 6.07) is 5.34. The van der Waals surface area contributed by atoms with Gasteiger partial charge in [0.15, 0.2) is 11.5 Å². The van der Waals surface area contributed by atoms with Crippen molar-refractivity contribution in [1.82, 2.24) is 10.2 Å². The van der Waals surface area contributed by atoms with E-state index in [0.717, 1.165) is 30.2 Å². The molecular formula is C21H19N3O6S2. The zero-order valence-corrected chi connectivity index (χ0v) is 18.7. The Labute approximate surface area is 191 Å².